The fourth-order valence-electron chi connectivity index (χ4n) is 1.89. The first-order chi connectivity index (χ1) is 10.1. The van der Waals surface area contributed by atoms with Crippen molar-refractivity contribution in [2.24, 2.45) is 0 Å². The van der Waals surface area contributed by atoms with Crippen LogP contribution in [0.5, 0.6) is 5.75 Å². The van der Waals surface area contributed by atoms with Crippen LogP contribution in [0.25, 0.3) is 0 Å². The van der Waals surface area contributed by atoms with Crippen LogP contribution >= 0.6 is 0 Å². The molecule has 2 N–H and O–H groups in total. The highest BCUT2D eigenvalue weighted by molar-refractivity contribution is 5.88. The van der Waals surface area contributed by atoms with E-state index in [4.69, 9.17) is 4.74 Å². The maximum absolute atomic E-state index is 11.6. The first-order valence-corrected chi connectivity index (χ1v) is 7.00. The third-order valence-corrected chi connectivity index (χ3v) is 3.07. The van der Waals surface area contributed by atoms with E-state index in [1.54, 1.807) is 0 Å². The van der Waals surface area contributed by atoms with Crippen molar-refractivity contribution < 1.29 is 9.53 Å². The molecule has 0 aliphatic heterocycles. The van der Waals surface area contributed by atoms with E-state index >= 15 is 0 Å². The van der Waals surface area contributed by atoms with E-state index in [2.05, 4.69) is 32.6 Å². The summed E-state index contributed by atoms with van der Waals surface area (Å²) in [6, 6.07) is 6.15. The molecule has 0 aliphatic rings. The first-order valence-electron chi connectivity index (χ1n) is 7.00. The van der Waals surface area contributed by atoms with Gasteiger partial charge in [0.05, 0.1) is 6.61 Å². The van der Waals surface area contributed by atoms with E-state index in [9.17, 15) is 4.79 Å². The number of benzene rings is 1. The molecule has 6 nitrogen and oxygen atoms in total. The molecule has 1 aromatic carbocycles. The van der Waals surface area contributed by atoms with Gasteiger partial charge in [0.25, 0.3) is 0 Å². The number of amides is 1. The Labute approximate surface area is 123 Å². The average Bonchev–Trinajstić information content (AvgIpc) is 2.95. The maximum atomic E-state index is 11.6. The van der Waals surface area contributed by atoms with Gasteiger partial charge in [-0.3, -0.25) is 10.1 Å². The second-order valence-electron chi connectivity index (χ2n) is 4.96. The molecule has 1 amide bonds. The minimum atomic E-state index is -0.0708. The molecule has 112 valence electrons. The number of carbonyl (C=O) groups excluding carboxylic acids is 1. The number of hydrogen-bond donors (Lipinski definition) is 2. The molecule has 2 rings (SSSR count). The van der Waals surface area contributed by atoms with Crippen LogP contribution in [0.2, 0.25) is 0 Å². The largest absolute Gasteiger partial charge is 0.493 e. The normalized spacial score (nSPS) is 10.4. The SMILES string of the molecule is Cc1ccc(C)c(OCCCCC(=O)Nc2ncn[nH]2)c1. The Morgan fingerprint density at radius 2 is 2.19 bits per heavy atom. The summed E-state index contributed by atoms with van der Waals surface area (Å²) in [5, 5.41) is 8.89. The lowest BCUT2D eigenvalue weighted by Gasteiger charge is -2.09. The highest BCUT2D eigenvalue weighted by Gasteiger charge is 2.04. The molecule has 2 aromatic rings. The summed E-state index contributed by atoms with van der Waals surface area (Å²) >= 11 is 0. The highest BCUT2D eigenvalue weighted by Crippen LogP contribution is 2.19. The van der Waals surface area contributed by atoms with Crippen LogP contribution in [0.1, 0.15) is 30.4 Å². The van der Waals surface area contributed by atoms with Crippen molar-refractivity contribution in [3.8, 4) is 5.75 Å². The van der Waals surface area contributed by atoms with Crippen LogP contribution < -0.4 is 10.1 Å². The highest BCUT2D eigenvalue weighted by atomic mass is 16.5. The standard InChI is InChI=1S/C15H20N4O2/c1-11-6-7-12(2)13(9-11)21-8-4-3-5-14(20)18-15-16-10-17-19-15/h6-7,9-10H,3-5,8H2,1-2H3,(H2,16,17,18,19,20). The molecule has 0 spiro atoms. The Kier molecular flexibility index (Phi) is 5.31. The van der Waals surface area contributed by atoms with Crippen molar-refractivity contribution in [2.45, 2.75) is 33.1 Å². The Bertz CT molecular complexity index is 581. The molecule has 0 atom stereocenters. The Morgan fingerprint density at radius 3 is 2.95 bits per heavy atom. The number of aromatic amines is 1. The second-order valence-corrected chi connectivity index (χ2v) is 4.96. The van der Waals surface area contributed by atoms with Gasteiger partial charge < -0.3 is 4.74 Å². The number of aromatic nitrogens is 3. The van der Waals surface area contributed by atoms with Gasteiger partial charge in [0.2, 0.25) is 11.9 Å². The topological polar surface area (TPSA) is 79.9 Å². The van der Waals surface area contributed by atoms with Gasteiger partial charge in [-0.2, -0.15) is 10.1 Å². The molecular weight excluding hydrogens is 268 g/mol. The Morgan fingerprint density at radius 1 is 1.33 bits per heavy atom. The van der Waals surface area contributed by atoms with Crippen molar-refractivity contribution in [1.82, 2.24) is 15.2 Å². The van der Waals surface area contributed by atoms with Crippen LogP contribution in [0.4, 0.5) is 5.95 Å². The molecule has 0 saturated carbocycles. The van der Waals surface area contributed by atoms with Crippen LogP contribution in [0.3, 0.4) is 0 Å². The molecular formula is C15H20N4O2. The average molecular weight is 288 g/mol. The van der Waals surface area contributed by atoms with Crippen LogP contribution in [-0.2, 0) is 4.79 Å². The monoisotopic (exact) mass is 288 g/mol. The van der Waals surface area contributed by atoms with Crippen molar-refractivity contribution >= 4 is 11.9 Å². The number of unbranched alkanes of at least 4 members (excludes halogenated alkanes) is 1. The van der Waals surface area contributed by atoms with E-state index in [1.807, 2.05) is 19.9 Å². The predicted octanol–water partition coefficient (Wildman–Crippen LogP) is 2.61. The van der Waals surface area contributed by atoms with Gasteiger partial charge in [-0.1, -0.05) is 12.1 Å². The van der Waals surface area contributed by atoms with E-state index < -0.39 is 0 Å². The molecule has 21 heavy (non-hydrogen) atoms. The lowest BCUT2D eigenvalue weighted by molar-refractivity contribution is -0.116. The number of aryl methyl sites for hydroxylation is 2. The van der Waals surface area contributed by atoms with Crippen LogP contribution in [0, 0.1) is 13.8 Å². The van der Waals surface area contributed by atoms with Crippen LogP contribution in [0.15, 0.2) is 24.5 Å². The smallest absolute Gasteiger partial charge is 0.226 e. The van der Waals surface area contributed by atoms with Gasteiger partial charge >= 0.3 is 0 Å². The van der Waals surface area contributed by atoms with Crippen molar-refractivity contribution in [1.29, 1.82) is 0 Å². The summed E-state index contributed by atoms with van der Waals surface area (Å²) in [6.45, 7) is 4.68. The molecule has 0 unspecified atom stereocenters. The quantitative estimate of drug-likeness (QED) is 0.767. The van der Waals surface area contributed by atoms with Crippen molar-refractivity contribution in [3.05, 3.63) is 35.7 Å². The van der Waals surface area contributed by atoms with Gasteiger partial charge in [0.1, 0.15) is 12.1 Å². The second kappa shape index (κ2) is 7.42. The summed E-state index contributed by atoms with van der Waals surface area (Å²) in [4.78, 5) is 15.4. The number of ether oxygens (including phenoxy) is 1. The summed E-state index contributed by atoms with van der Waals surface area (Å²) in [5.74, 6) is 1.23. The zero-order chi connectivity index (χ0) is 15.1. The molecule has 0 saturated heterocycles. The minimum Gasteiger partial charge on any atom is -0.493 e. The summed E-state index contributed by atoms with van der Waals surface area (Å²) in [7, 11) is 0. The molecule has 0 aliphatic carbocycles. The zero-order valence-electron chi connectivity index (χ0n) is 12.3. The Balaban J connectivity index is 1.63. The van der Waals surface area contributed by atoms with E-state index in [0.29, 0.717) is 19.0 Å². The number of rotatable bonds is 7. The van der Waals surface area contributed by atoms with E-state index in [1.165, 1.54) is 11.9 Å². The Hall–Kier alpha value is -2.37. The number of carbonyl (C=O) groups is 1. The number of hydrogen-bond acceptors (Lipinski definition) is 4. The van der Waals surface area contributed by atoms with Crippen molar-refractivity contribution in [2.75, 3.05) is 11.9 Å². The van der Waals surface area contributed by atoms with E-state index in [0.717, 1.165) is 24.2 Å². The maximum Gasteiger partial charge on any atom is 0.226 e. The molecule has 0 radical (unpaired) electrons. The summed E-state index contributed by atoms with van der Waals surface area (Å²) < 4.78 is 5.75. The number of H-pyrrole nitrogens is 1. The molecule has 0 fully saturated rings. The van der Waals surface area contributed by atoms with Crippen LogP contribution in [-0.4, -0.2) is 27.7 Å². The van der Waals surface area contributed by atoms with Gasteiger partial charge in [0, 0.05) is 6.42 Å². The molecule has 0 bridgehead atoms. The fraction of sp³-hybridized carbons (Fsp3) is 0.400. The summed E-state index contributed by atoms with van der Waals surface area (Å²) in [6.07, 6.45) is 3.40. The third-order valence-electron chi connectivity index (χ3n) is 3.07. The lowest BCUT2D eigenvalue weighted by atomic mass is 10.1. The summed E-state index contributed by atoms with van der Waals surface area (Å²) in [5.41, 5.74) is 2.31. The number of nitrogens with one attached hydrogen (secondary N) is 2. The van der Waals surface area contributed by atoms with Gasteiger partial charge in [-0.05, 0) is 43.9 Å². The third kappa shape index (κ3) is 4.91. The zero-order valence-corrected chi connectivity index (χ0v) is 12.3. The predicted molar refractivity (Wildman–Crippen MR) is 80.3 cm³/mol. The molecule has 6 heteroatoms. The van der Waals surface area contributed by atoms with Gasteiger partial charge in [0.15, 0.2) is 0 Å². The van der Waals surface area contributed by atoms with Crippen molar-refractivity contribution in [3.63, 3.8) is 0 Å². The lowest BCUT2D eigenvalue weighted by Crippen LogP contribution is -2.12. The number of anilines is 1. The van der Waals surface area contributed by atoms with E-state index in [-0.39, 0.29) is 5.91 Å². The number of nitrogens with zero attached hydrogens (tertiary/aromatic N) is 2. The minimum absolute atomic E-state index is 0.0708. The van der Waals surface area contributed by atoms with Gasteiger partial charge in [-0.15, -0.1) is 0 Å². The molecule has 1 heterocycles. The first kappa shape index (κ1) is 15.0. The molecule has 1 aromatic heterocycles. The fourth-order valence-corrected chi connectivity index (χ4v) is 1.89. The van der Waals surface area contributed by atoms with Gasteiger partial charge in [-0.25, -0.2) is 5.10 Å².